The van der Waals surface area contributed by atoms with Gasteiger partial charge in [0.2, 0.25) is 0 Å². The number of amides is 1. The van der Waals surface area contributed by atoms with Crippen molar-refractivity contribution in [1.29, 1.82) is 0 Å². The molecule has 1 aliphatic rings. The van der Waals surface area contributed by atoms with Crippen LogP contribution < -0.4 is 5.73 Å². The Kier molecular flexibility index (Phi) is 4.76. The summed E-state index contributed by atoms with van der Waals surface area (Å²) in [6.07, 6.45) is 3.12. The number of carbonyl (C=O) groups excluding carboxylic acids is 1. The zero-order valence-electron chi connectivity index (χ0n) is 18.5. The molecule has 1 amide bonds. The number of ether oxygens (including phenoxy) is 1. The molecule has 0 spiro atoms. The van der Waals surface area contributed by atoms with Crippen molar-refractivity contribution >= 4 is 33.8 Å². The Balaban J connectivity index is 1.38. The summed E-state index contributed by atoms with van der Waals surface area (Å²) < 4.78 is 5.50. The number of pyridine rings is 1. The van der Waals surface area contributed by atoms with Crippen LogP contribution >= 0.6 is 0 Å². The average molecular weight is 434 g/mol. The van der Waals surface area contributed by atoms with E-state index < -0.39 is 5.60 Å². The van der Waals surface area contributed by atoms with Gasteiger partial charge in [-0.05, 0) is 51.3 Å². The van der Waals surface area contributed by atoms with Gasteiger partial charge >= 0.3 is 6.09 Å². The molecule has 0 bridgehead atoms. The predicted molar refractivity (Wildman–Crippen MR) is 123 cm³/mol. The van der Waals surface area contributed by atoms with Gasteiger partial charge < -0.3 is 20.4 Å². The number of fused-ring (bicyclic) bond motifs is 3. The maximum Gasteiger partial charge on any atom is 0.410 e. The van der Waals surface area contributed by atoms with Crippen LogP contribution in [0.3, 0.4) is 0 Å². The maximum atomic E-state index is 12.4. The van der Waals surface area contributed by atoms with Gasteiger partial charge in [-0.3, -0.25) is 5.10 Å². The molecule has 4 N–H and O–H groups in total. The number of nitrogen functional groups attached to an aromatic ring is 1. The maximum absolute atomic E-state index is 12.4. The summed E-state index contributed by atoms with van der Waals surface area (Å²) in [7, 11) is 0. The molecular weight excluding hydrogens is 406 g/mol. The fraction of sp³-hybridized carbons (Fsp3) is 0.391. The number of benzene rings is 1. The van der Waals surface area contributed by atoms with Gasteiger partial charge in [-0.1, -0.05) is 6.07 Å². The average Bonchev–Trinajstić information content (AvgIpc) is 3.47. The number of aromatic amines is 2. The van der Waals surface area contributed by atoms with Crippen molar-refractivity contribution in [3.63, 3.8) is 0 Å². The third-order valence-corrected chi connectivity index (χ3v) is 5.73. The molecule has 1 aromatic carbocycles. The van der Waals surface area contributed by atoms with Crippen LogP contribution in [0.15, 0.2) is 30.5 Å². The number of H-pyrrole nitrogens is 2. The van der Waals surface area contributed by atoms with E-state index >= 15 is 0 Å². The Hall–Kier alpha value is -3.62. The van der Waals surface area contributed by atoms with Crippen LogP contribution in [0.5, 0.6) is 0 Å². The van der Waals surface area contributed by atoms with Gasteiger partial charge in [0.1, 0.15) is 28.3 Å². The van der Waals surface area contributed by atoms with Gasteiger partial charge in [0.25, 0.3) is 0 Å². The van der Waals surface area contributed by atoms with Crippen LogP contribution in [0, 0.1) is 5.92 Å². The quantitative estimate of drug-likeness (QED) is 0.450. The number of rotatable bonds is 3. The van der Waals surface area contributed by atoms with Crippen LogP contribution in [0.25, 0.3) is 33.2 Å². The zero-order valence-corrected chi connectivity index (χ0v) is 18.5. The van der Waals surface area contributed by atoms with Gasteiger partial charge in [0, 0.05) is 36.7 Å². The highest BCUT2D eigenvalue weighted by Gasteiger charge is 2.30. The molecule has 1 atom stereocenters. The van der Waals surface area contributed by atoms with Crippen molar-refractivity contribution in [3.05, 3.63) is 36.3 Å². The van der Waals surface area contributed by atoms with Gasteiger partial charge in [0.15, 0.2) is 0 Å². The molecule has 9 heteroatoms. The van der Waals surface area contributed by atoms with E-state index in [1.807, 2.05) is 45.0 Å². The first-order chi connectivity index (χ1) is 15.3. The molecule has 1 fully saturated rings. The summed E-state index contributed by atoms with van der Waals surface area (Å²) in [5.41, 5.74) is 10.0. The van der Waals surface area contributed by atoms with Crippen LogP contribution in [0.1, 0.15) is 33.0 Å². The SMILES string of the molecule is CC(C)(C)OC(=O)N1CCC(Cc2nc3c([nH]2)c(N)nc2cc(-c4ccn[nH]4)ccc23)C1. The van der Waals surface area contributed by atoms with E-state index in [1.54, 1.807) is 11.1 Å². The normalized spacial score (nSPS) is 16.8. The van der Waals surface area contributed by atoms with Crippen LogP contribution in [0.4, 0.5) is 10.6 Å². The molecule has 32 heavy (non-hydrogen) atoms. The van der Waals surface area contributed by atoms with Crippen molar-refractivity contribution in [2.24, 2.45) is 5.92 Å². The van der Waals surface area contributed by atoms with Gasteiger partial charge in [-0.15, -0.1) is 0 Å². The van der Waals surface area contributed by atoms with Crippen molar-refractivity contribution in [3.8, 4) is 11.3 Å². The monoisotopic (exact) mass is 433 g/mol. The number of hydrogen-bond acceptors (Lipinski definition) is 6. The van der Waals surface area contributed by atoms with E-state index in [2.05, 4.69) is 20.2 Å². The standard InChI is InChI=1S/C23H27N7O2/c1-23(2,3)32-22(31)30-9-7-13(12-30)10-18-27-19-15-5-4-14(16-6-8-25-29-16)11-17(15)26-21(24)20(19)28-18/h4-6,8,11,13H,7,9-10,12H2,1-3H3,(H2,24,26)(H,25,29)(H,27,28). The Morgan fingerprint density at radius 1 is 1.28 bits per heavy atom. The second kappa shape index (κ2) is 7.51. The molecule has 9 nitrogen and oxygen atoms in total. The molecule has 5 rings (SSSR count). The topological polar surface area (TPSA) is 126 Å². The number of likely N-dealkylation sites (tertiary alicyclic amines) is 1. The van der Waals surface area contributed by atoms with Gasteiger partial charge in [-0.25, -0.2) is 14.8 Å². The Labute approximate surface area is 185 Å². The Morgan fingerprint density at radius 3 is 2.88 bits per heavy atom. The number of imidazole rings is 1. The molecule has 4 heterocycles. The lowest BCUT2D eigenvalue weighted by atomic mass is 10.1. The fourth-order valence-corrected chi connectivity index (χ4v) is 4.26. The van der Waals surface area contributed by atoms with E-state index in [1.165, 1.54) is 0 Å². The lowest BCUT2D eigenvalue weighted by Crippen LogP contribution is -2.35. The van der Waals surface area contributed by atoms with Crippen molar-refractivity contribution in [2.75, 3.05) is 18.8 Å². The van der Waals surface area contributed by atoms with Crippen molar-refractivity contribution in [1.82, 2.24) is 30.0 Å². The van der Waals surface area contributed by atoms with E-state index in [4.69, 9.17) is 15.5 Å². The molecule has 1 aliphatic heterocycles. The second-order valence-corrected chi connectivity index (χ2v) is 9.39. The van der Waals surface area contributed by atoms with Crippen LogP contribution in [-0.4, -0.2) is 54.8 Å². The summed E-state index contributed by atoms with van der Waals surface area (Å²) in [6.45, 7) is 7.01. The predicted octanol–water partition coefficient (Wildman–Crippen LogP) is 3.88. The lowest BCUT2D eigenvalue weighted by molar-refractivity contribution is 0.0288. The first-order valence-electron chi connectivity index (χ1n) is 10.8. The Morgan fingerprint density at radius 2 is 2.12 bits per heavy atom. The summed E-state index contributed by atoms with van der Waals surface area (Å²) in [6, 6.07) is 7.95. The minimum Gasteiger partial charge on any atom is -0.444 e. The number of anilines is 1. The molecule has 1 unspecified atom stereocenters. The highest BCUT2D eigenvalue weighted by molar-refractivity contribution is 6.07. The molecular formula is C23H27N7O2. The molecule has 0 saturated carbocycles. The zero-order chi connectivity index (χ0) is 22.5. The summed E-state index contributed by atoms with van der Waals surface area (Å²) >= 11 is 0. The fourth-order valence-electron chi connectivity index (χ4n) is 4.26. The van der Waals surface area contributed by atoms with Gasteiger partial charge in [-0.2, -0.15) is 5.10 Å². The number of aromatic nitrogens is 5. The van der Waals surface area contributed by atoms with E-state index in [0.717, 1.165) is 51.9 Å². The summed E-state index contributed by atoms with van der Waals surface area (Å²) in [5, 5.41) is 7.93. The van der Waals surface area contributed by atoms with E-state index in [-0.39, 0.29) is 6.09 Å². The Bertz CT molecular complexity index is 1290. The molecule has 0 radical (unpaired) electrons. The van der Waals surface area contributed by atoms with Crippen molar-refractivity contribution < 1.29 is 9.53 Å². The van der Waals surface area contributed by atoms with Crippen molar-refractivity contribution in [2.45, 2.75) is 39.2 Å². The number of carbonyl (C=O) groups is 1. The minimum atomic E-state index is -0.489. The number of hydrogen-bond donors (Lipinski definition) is 3. The molecule has 4 aromatic rings. The molecule has 1 saturated heterocycles. The minimum absolute atomic E-state index is 0.253. The smallest absolute Gasteiger partial charge is 0.410 e. The molecule has 0 aliphatic carbocycles. The highest BCUT2D eigenvalue weighted by atomic mass is 16.6. The highest BCUT2D eigenvalue weighted by Crippen LogP contribution is 2.30. The van der Waals surface area contributed by atoms with E-state index in [0.29, 0.717) is 24.8 Å². The summed E-state index contributed by atoms with van der Waals surface area (Å²) in [5.74, 6) is 1.60. The number of nitrogens with two attached hydrogens (primary N) is 1. The largest absolute Gasteiger partial charge is 0.444 e. The summed E-state index contributed by atoms with van der Waals surface area (Å²) in [4.78, 5) is 26.9. The third-order valence-electron chi connectivity index (χ3n) is 5.73. The van der Waals surface area contributed by atoms with Crippen LogP contribution in [-0.2, 0) is 11.2 Å². The van der Waals surface area contributed by atoms with E-state index in [9.17, 15) is 4.79 Å². The third kappa shape index (κ3) is 3.86. The second-order valence-electron chi connectivity index (χ2n) is 9.39. The molecule has 3 aromatic heterocycles. The van der Waals surface area contributed by atoms with Gasteiger partial charge in [0.05, 0.1) is 11.2 Å². The van der Waals surface area contributed by atoms with Crippen LogP contribution in [0.2, 0.25) is 0 Å². The molecule has 166 valence electrons. The lowest BCUT2D eigenvalue weighted by Gasteiger charge is -2.24. The number of nitrogens with zero attached hydrogens (tertiary/aromatic N) is 4. The first-order valence-corrected chi connectivity index (χ1v) is 10.8. The first kappa shape index (κ1) is 20.3. The number of nitrogens with one attached hydrogen (secondary N) is 2.